The number of methoxy groups -OCH3 is 2. The van der Waals surface area contributed by atoms with Gasteiger partial charge in [0, 0.05) is 12.0 Å². The quantitative estimate of drug-likeness (QED) is 0.772. The topological polar surface area (TPSA) is 47.6 Å². The van der Waals surface area contributed by atoms with Crippen LogP contribution in [0.3, 0.4) is 0 Å². The third kappa shape index (κ3) is 1.58. The van der Waals surface area contributed by atoms with Crippen LogP contribution in [0.25, 0.3) is 0 Å². The molecule has 1 atom stereocenters. The minimum absolute atomic E-state index is 0.328. The molecule has 0 amide bonds. The molecule has 16 heavy (non-hydrogen) atoms. The van der Waals surface area contributed by atoms with Crippen LogP contribution < -0.4 is 10.1 Å². The number of anilines is 1. The van der Waals surface area contributed by atoms with Gasteiger partial charge < -0.3 is 14.8 Å². The van der Waals surface area contributed by atoms with Gasteiger partial charge in [0.1, 0.15) is 17.6 Å². The molecular weight excluding hydrogens is 213 g/mol. The predicted molar refractivity (Wildman–Crippen MR) is 56.1 cm³/mol. The van der Waals surface area contributed by atoms with E-state index in [9.17, 15) is 9.18 Å². The van der Waals surface area contributed by atoms with Crippen molar-refractivity contribution in [2.24, 2.45) is 0 Å². The van der Waals surface area contributed by atoms with E-state index in [2.05, 4.69) is 10.1 Å². The fourth-order valence-electron chi connectivity index (χ4n) is 1.86. The number of hydrogen-bond acceptors (Lipinski definition) is 4. The number of ether oxygens (including phenoxy) is 2. The fourth-order valence-corrected chi connectivity index (χ4v) is 1.86. The molecule has 86 valence electrons. The van der Waals surface area contributed by atoms with Gasteiger partial charge in [0.15, 0.2) is 0 Å². The highest BCUT2D eigenvalue weighted by molar-refractivity contribution is 5.83. The highest BCUT2D eigenvalue weighted by Crippen LogP contribution is 2.35. The zero-order chi connectivity index (χ0) is 11.7. The van der Waals surface area contributed by atoms with Crippen LogP contribution in [0.1, 0.15) is 5.56 Å². The lowest BCUT2D eigenvalue weighted by molar-refractivity contribution is -0.141. The number of halogens is 1. The van der Waals surface area contributed by atoms with Crippen LogP contribution in [0.4, 0.5) is 10.1 Å². The summed E-state index contributed by atoms with van der Waals surface area (Å²) in [6.07, 6.45) is 0.378. The maximum Gasteiger partial charge on any atom is 0.328 e. The zero-order valence-corrected chi connectivity index (χ0v) is 9.04. The van der Waals surface area contributed by atoms with E-state index in [1.165, 1.54) is 20.3 Å². The van der Waals surface area contributed by atoms with Gasteiger partial charge in [-0.05, 0) is 12.1 Å². The molecule has 1 unspecified atom stereocenters. The van der Waals surface area contributed by atoms with E-state index in [4.69, 9.17) is 4.74 Å². The lowest BCUT2D eigenvalue weighted by atomic mass is 10.1. The summed E-state index contributed by atoms with van der Waals surface area (Å²) in [5.74, 6) is -0.213. The van der Waals surface area contributed by atoms with Gasteiger partial charge in [0.25, 0.3) is 0 Å². The highest BCUT2D eigenvalue weighted by atomic mass is 19.1. The van der Waals surface area contributed by atoms with E-state index in [0.717, 1.165) is 0 Å². The number of benzene rings is 1. The molecule has 0 saturated carbocycles. The lowest BCUT2D eigenvalue weighted by Gasteiger charge is -2.07. The Bertz CT molecular complexity index is 433. The second kappa shape index (κ2) is 4.00. The Kier molecular flexibility index (Phi) is 2.68. The van der Waals surface area contributed by atoms with Crippen molar-refractivity contribution in [2.45, 2.75) is 12.5 Å². The summed E-state index contributed by atoms with van der Waals surface area (Å²) in [6.45, 7) is 0. The molecule has 4 nitrogen and oxygen atoms in total. The van der Waals surface area contributed by atoms with Crippen LogP contribution in [-0.4, -0.2) is 26.2 Å². The molecule has 5 heteroatoms. The second-order valence-corrected chi connectivity index (χ2v) is 3.53. The highest BCUT2D eigenvalue weighted by Gasteiger charge is 2.31. The molecule has 2 rings (SSSR count). The monoisotopic (exact) mass is 225 g/mol. The Morgan fingerprint density at radius 2 is 2.25 bits per heavy atom. The molecule has 0 aromatic heterocycles. The molecule has 1 aromatic rings. The normalized spacial score (nSPS) is 17.6. The van der Waals surface area contributed by atoms with Crippen LogP contribution in [0, 0.1) is 5.82 Å². The molecule has 0 bridgehead atoms. The molecule has 1 aliphatic rings. The maximum atomic E-state index is 13.5. The van der Waals surface area contributed by atoms with E-state index in [0.29, 0.717) is 23.4 Å². The average molecular weight is 225 g/mol. The Balaban J connectivity index is 2.35. The Labute approximate surface area is 92.4 Å². The van der Waals surface area contributed by atoms with Crippen molar-refractivity contribution >= 4 is 11.7 Å². The Morgan fingerprint density at radius 1 is 1.50 bits per heavy atom. The number of fused-ring (bicyclic) bond motifs is 1. The zero-order valence-electron chi connectivity index (χ0n) is 9.04. The van der Waals surface area contributed by atoms with E-state index >= 15 is 0 Å². The van der Waals surface area contributed by atoms with Crippen molar-refractivity contribution in [3.63, 3.8) is 0 Å². The Morgan fingerprint density at radius 3 is 2.88 bits per heavy atom. The Hall–Kier alpha value is -1.78. The van der Waals surface area contributed by atoms with Gasteiger partial charge >= 0.3 is 5.97 Å². The summed E-state index contributed by atoms with van der Waals surface area (Å²) in [7, 11) is 2.82. The third-order valence-electron chi connectivity index (χ3n) is 2.65. The summed E-state index contributed by atoms with van der Waals surface area (Å²) < 4.78 is 23.2. The number of esters is 1. The summed E-state index contributed by atoms with van der Waals surface area (Å²) in [4.78, 5) is 11.3. The van der Waals surface area contributed by atoms with Crippen molar-refractivity contribution in [2.75, 3.05) is 19.5 Å². The first-order valence-electron chi connectivity index (χ1n) is 4.87. The van der Waals surface area contributed by atoms with Gasteiger partial charge in [-0.15, -0.1) is 0 Å². The van der Waals surface area contributed by atoms with Gasteiger partial charge in [0.2, 0.25) is 0 Å². The van der Waals surface area contributed by atoms with E-state index < -0.39 is 12.0 Å². The summed E-state index contributed by atoms with van der Waals surface area (Å²) in [5, 5.41) is 2.80. The van der Waals surface area contributed by atoms with Crippen molar-refractivity contribution in [3.8, 4) is 5.75 Å². The van der Waals surface area contributed by atoms with E-state index in [1.807, 2.05) is 0 Å². The fraction of sp³-hybridized carbons (Fsp3) is 0.364. The molecule has 1 aliphatic heterocycles. The standard InChI is InChI=1S/C11H12FNO3/c1-15-9-4-3-7(12)10-6(9)5-8(13-10)11(14)16-2/h3-4,8,13H,5H2,1-2H3. The van der Waals surface area contributed by atoms with Crippen LogP contribution >= 0.6 is 0 Å². The molecule has 0 saturated heterocycles. The van der Waals surface area contributed by atoms with Gasteiger partial charge in [0.05, 0.1) is 19.9 Å². The van der Waals surface area contributed by atoms with Crippen molar-refractivity contribution in [1.82, 2.24) is 0 Å². The van der Waals surface area contributed by atoms with Crippen molar-refractivity contribution in [3.05, 3.63) is 23.5 Å². The SMILES string of the molecule is COC(=O)C1Cc2c(OC)ccc(F)c2N1. The molecular formula is C11H12FNO3. The van der Waals surface area contributed by atoms with Crippen LogP contribution in [0.5, 0.6) is 5.75 Å². The second-order valence-electron chi connectivity index (χ2n) is 3.53. The number of carbonyl (C=O) groups is 1. The van der Waals surface area contributed by atoms with Gasteiger partial charge in [-0.1, -0.05) is 0 Å². The van der Waals surface area contributed by atoms with Crippen molar-refractivity contribution < 1.29 is 18.7 Å². The summed E-state index contributed by atoms with van der Waals surface area (Å²) in [5.41, 5.74) is 1.01. The molecule has 0 spiro atoms. The number of rotatable bonds is 2. The lowest BCUT2D eigenvalue weighted by Crippen LogP contribution is -2.28. The number of carbonyl (C=O) groups excluding carboxylic acids is 1. The molecule has 0 aliphatic carbocycles. The largest absolute Gasteiger partial charge is 0.496 e. The number of nitrogens with one attached hydrogen (secondary N) is 1. The maximum absolute atomic E-state index is 13.5. The van der Waals surface area contributed by atoms with Crippen LogP contribution in [0.2, 0.25) is 0 Å². The van der Waals surface area contributed by atoms with Gasteiger partial charge in [-0.3, -0.25) is 0 Å². The average Bonchev–Trinajstić information content (AvgIpc) is 2.74. The first-order valence-corrected chi connectivity index (χ1v) is 4.87. The molecule has 1 N–H and O–H groups in total. The summed E-state index contributed by atoms with van der Waals surface area (Å²) >= 11 is 0. The molecule has 1 heterocycles. The van der Waals surface area contributed by atoms with E-state index in [-0.39, 0.29) is 5.82 Å². The van der Waals surface area contributed by atoms with Crippen molar-refractivity contribution in [1.29, 1.82) is 0 Å². The van der Waals surface area contributed by atoms with E-state index in [1.54, 1.807) is 6.07 Å². The minimum Gasteiger partial charge on any atom is -0.496 e. The first kappa shape index (κ1) is 10.7. The van der Waals surface area contributed by atoms with Gasteiger partial charge in [-0.25, -0.2) is 9.18 Å². The smallest absolute Gasteiger partial charge is 0.328 e. The van der Waals surface area contributed by atoms with Crippen LogP contribution in [-0.2, 0) is 16.0 Å². The number of hydrogen-bond donors (Lipinski definition) is 1. The van der Waals surface area contributed by atoms with Crippen LogP contribution in [0.15, 0.2) is 12.1 Å². The molecule has 0 radical (unpaired) electrons. The minimum atomic E-state index is -0.536. The molecule has 1 aromatic carbocycles. The first-order chi connectivity index (χ1) is 7.67. The molecule has 0 fully saturated rings. The predicted octanol–water partition coefficient (Wildman–Crippen LogP) is 1.34. The van der Waals surface area contributed by atoms with Gasteiger partial charge in [-0.2, -0.15) is 0 Å². The third-order valence-corrected chi connectivity index (χ3v) is 2.65. The summed E-state index contributed by atoms with van der Waals surface area (Å²) in [6, 6.07) is 2.32.